The van der Waals surface area contributed by atoms with Crippen LogP contribution >= 0.6 is 0 Å². The fraction of sp³-hybridized carbons (Fsp3) is 0.500. The molecule has 0 aliphatic rings. The zero-order valence-corrected chi connectivity index (χ0v) is 11.9. The lowest BCUT2D eigenvalue weighted by Crippen LogP contribution is -2.29. The Hall–Kier alpha value is -1.75. The summed E-state index contributed by atoms with van der Waals surface area (Å²) in [5, 5.41) is 2.84. The average molecular weight is 266 g/mol. The lowest BCUT2D eigenvalue weighted by molar-refractivity contribution is -0.121. The van der Waals surface area contributed by atoms with Crippen molar-refractivity contribution in [1.82, 2.24) is 5.32 Å². The Morgan fingerprint density at radius 2 is 1.89 bits per heavy atom. The van der Waals surface area contributed by atoms with Crippen molar-refractivity contribution in [3.05, 3.63) is 23.3 Å². The predicted octanol–water partition coefficient (Wildman–Crippen LogP) is 1.37. The number of rotatable bonds is 6. The van der Waals surface area contributed by atoms with Gasteiger partial charge >= 0.3 is 0 Å². The molecule has 0 aliphatic heterocycles. The third-order valence-electron chi connectivity index (χ3n) is 2.83. The Morgan fingerprint density at radius 1 is 1.32 bits per heavy atom. The first kappa shape index (κ1) is 15.3. The van der Waals surface area contributed by atoms with Gasteiger partial charge in [-0.3, -0.25) is 4.79 Å². The van der Waals surface area contributed by atoms with Gasteiger partial charge in [-0.1, -0.05) is 0 Å². The number of benzene rings is 1. The Bertz CT molecular complexity index is 445. The Morgan fingerprint density at radius 3 is 2.42 bits per heavy atom. The lowest BCUT2D eigenvalue weighted by atomic mass is 10.1. The predicted molar refractivity (Wildman–Crippen MR) is 74.4 cm³/mol. The number of amides is 1. The van der Waals surface area contributed by atoms with Gasteiger partial charge in [0.25, 0.3) is 0 Å². The van der Waals surface area contributed by atoms with E-state index in [1.165, 1.54) is 0 Å². The Labute approximate surface area is 114 Å². The van der Waals surface area contributed by atoms with E-state index < -0.39 is 0 Å². The van der Waals surface area contributed by atoms with E-state index in [4.69, 9.17) is 15.2 Å². The van der Waals surface area contributed by atoms with Gasteiger partial charge in [-0.15, -0.1) is 0 Å². The summed E-state index contributed by atoms with van der Waals surface area (Å²) in [5.74, 6) is 1.29. The summed E-state index contributed by atoms with van der Waals surface area (Å²) < 4.78 is 10.5. The highest BCUT2D eigenvalue weighted by atomic mass is 16.5. The average Bonchev–Trinajstić information content (AvgIpc) is 2.36. The highest BCUT2D eigenvalue weighted by Crippen LogP contribution is 2.30. The molecule has 0 aromatic heterocycles. The van der Waals surface area contributed by atoms with Gasteiger partial charge in [-0.25, -0.2) is 0 Å². The van der Waals surface area contributed by atoms with E-state index in [0.717, 1.165) is 11.1 Å². The maximum absolute atomic E-state index is 11.6. The van der Waals surface area contributed by atoms with Gasteiger partial charge in [-0.05, 0) is 37.1 Å². The molecule has 5 heteroatoms. The lowest BCUT2D eigenvalue weighted by Gasteiger charge is -2.13. The molecule has 1 rings (SSSR count). The van der Waals surface area contributed by atoms with Gasteiger partial charge in [-0.2, -0.15) is 0 Å². The van der Waals surface area contributed by atoms with Crippen LogP contribution in [0.4, 0.5) is 0 Å². The van der Waals surface area contributed by atoms with E-state index in [0.29, 0.717) is 24.5 Å². The van der Waals surface area contributed by atoms with Gasteiger partial charge in [0, 0.05) is 19.0 Å². The molecule has 0 fully saturated rings. The van der Waals surface area contributed by atoms with Crippen LogP contribution in [0.1, 0.15) is 24.5 Å². The van der Waals surface area contributed by atoms with Crippen molar-refractivity contribution >= 4 is 5.91 Å². The van der Waals surface area contributed by atoms with Crippen molar-refractivity contribution in [3.8, 4) is 11.5 Å². The third kappa shape index (κ3) is 4.44. The molecule has 0 bridgehead atoms. The van der Waals surface area contributed by atoms with Crippen LogP contribution in [0.15, 0.2) is 12.1 Å². The van der Waals surface area contributed by atoms with Crippen LogP contribution in [0.2, 0.25) is 0 Å². The molecule has 0 saturated heterocycles. The van der Waals surface area contributed by atoms with Crippen LogP contribution in [0.25, 0.3) is 0 Å². The smallest absolute Gasteiger partial charge is 0.221 e. The van der Waals surface area contributed by atoms with Crippen molar-refractivity contribution in [3.63, 3.8) is 0 Å². The van der Waals surface area contributed by atoms with Gasteiger partial charge in [0.2, 0.25) is 5.91 Å². The number of nitrogens with two attached hydrogens (primary N) is 1. The van der Waals surface area contributed by atoms with Gasteiger partial charge in [0.15, 0.2) is 11.5 Å². The SMILES string of the molecule is COc1cc(C)c(CNC(=O)CC(C)N)cc1OC. The number of carbonyl (C=O) groups excluding carboxylic acids is 1. The summed E-state index contributed by atoms with van der Waals surface area (Å²) in [6, 6.07) is 3.64. The van der Waals surface area contributed by atoms with Gasteiger partial charge < -0.3 is 20.5 Å². The molecule has 19 heavy (non-hydrogen) atoms. The molecule has 106 valence electrons. The van der Waals surface area contributed by atoms with Crippen LogP contribution in [0.3, 0.4) is 0 Å². The van der Waals surface area contributed by atoms with E-state index in [-0.39, 0.29) is 11.9 Å². The first-order chi connectivity index (χ1) is 8.97. The summed E-state index contributed by atoms with van der Waals surface area (Å²) >= 11 is 0. The van der Waals surface area contributed by atoms with Gasteiger partial charge in [0.1, 0.15) is 0 Å². The fourth-order valence-electron chi connectivity index (χ4n) is 1.77. The van der Waals surface area contributed by atoms with E-state index in [1.807, 2.05) is 19.1 Å². The van der Waals surface area contributed by atoms with Crippen LogP contribution in [-0.4, -0.2) is 26.2 Å². The van der Waals surface area contributed by atoms with Crippen LogP contribution in [0.5, 0.6) is 11.5 Å². The van der Waals surface area contributed by atoms with E-state index in [9.17, 15) is 4.79 Å². The number of carbonyl (C=O) groups is 1. The number of hydrogen-bond acceptors (Lipinski definition) is 4. The third-order valence-corrected chi connectivity index (χ3v) is 2.83. The molecule has 1 aromatic carbocycles. The molecule has 3 N–H and O–H groups in total. The maximum Gasteiger partial charge on any atom is 0.221 e. The van der Waals surface area contributed by atoms with Crippen molar-refractivity contribution in [1.29, 1.82) is 0 Å². The zero-order chi connectivity index (χ0) is 14.4. The summed E-state index contributed by atoms with van der Waals surface area (Å²) in [6.07, 6.45) is 0.326. The zero-order valence-electron chi connectivity index (χ0n) is 11.9. The Kier molecular flexibility index (Phi) is 5.63. The normalized spacial score (nSPS) is 11.8. The molecule has 0 spiro atoms. The summed E-state index contributed by atoms with van der Waals surface area (Å²) in [5.41, 5.74) is 7.61. The minimum Gasteiger partial charge on any atom is -0.493 e. The van der Waals surface area contributed by atoms with Crippen LogP contribution in [0, 0.1) is 6.92 Å². The summed E-state index contributed by atoms with van der Waals surface area (Å²) in [4.78, 5) is 11.6. The second kappa shape index (κ2) is 6.99. The highest BCUT2D eigenvalue weighted by molar-refractivity contribution is 5.76. The number of ether oxygens (including phenoxy) is 2. The minimum atomic E-state index is -0.133. The first-order valence-corrected chi connectivity index (χ1v) is 6.21. The van der Waals surface area contributed by atoms with E-state index >= 15 is 0 Å². The van der Waals surface area contributed by atoms with Crippen LogP contribution in [-0.2, 0) is 11.3 Å². The number of hydrogen-bond donors (Lipinski definition) is 2. The van der Waals surface area contributed by atoms with Crippen molar-refractivity contribution in [2.24, 2.45) is 5.73 Å². The molecular formula is C14H22N2O3. The van der Waals surface area contributed by atoms with Gasteiger partial charge in [0.05, 0.1) is 14.2 Å². The number of methoxy groups -OCH3 is 2. The molecule has 0 heterocycles. The highest BCUT2D eigenvalue weighted by Gasteiger charge is 2.10. The maximum atomic E-state index is 11.6. The molecule has 0 radical (unpaired) electrons. The fourth-order valence-corrected chi connectivity index (χ4v) is 1.77. The number of aryl methyl sites for hydroxylation is 1. The second-order valence-electron chi connectivity index (χ2n) is 4.59. The molecule has 5 nitrogen and oxygen atoms in total. The Balaban J connectivity index is 2.76. The quantitative estimate of drug-likeness (QED) is 0.815. The molecule has 1 atom stereocenters. The first-order valence-electron chi connectivity index (χ1n) is 6.21. The summed E-state index contributed by atoms with van der Waals surface area (Å²) in [6.45, 7) is 4.23. The van der Waals surface area contributed by atoms with E-state index in [1.54, 1.807) is 21.1 Å². The molecule has 0 saturated carbocycles. The van der Waals surface area contributed by atoms with Crippen molar-refractivity contribution in [2.45, 2.75) is 32.9 Å². The monoisotopic (exact) mass is 266 g/mol. The molecular weight excluding hydrogens is 244 g/mol. The van der Waals surface area contributed by atoms with E-state index in [2.05, 4.69) is 5.32 Å². The molecule has 0 aliphatic carbocycles. The minimum absolute atomic E-state index is 0.0517. The second-order valence-corrected chi connectivity index (χ2v) is 4.59. The largest absolute Gasteiger partial charge is 0.493 e. The molecule has 1 aromatic rings. The standard InChI is InChI=1S/C14H22N2O3/c1-9-5-12(18-3)13(19-4)7-11(9)8-16-14(17)6-10(2)15/h5,7,10H,6,8,15H2,1-4H3,(H,16,17). The molecule has 1 unspecified atom stereocenters. The van der Waals surface area contributed by atoms with Crippen molar-refractivity contribution < 1.29 is 14.3 Å². The van der Waals surface area contributed by atoms with Crippen LogP contribution < -0.4 is 20.5 Å². The number of nitrogens with one attached hydrogen (secondary N) is 1. The van der Waals surface area contributed by atoms with Crippen molar-refractivity contribution in [2.75, 3.05) is 14.2 Å². The topological polar surface area (TPSA) is 73.6 Å². The summed E-state index contributed by atoms with van der Waals surface area (Å²) in [7, 11) is 3.19. The molecule has 1 amide bonds.